The lowest BCUT2D eigenvalue weighted by molar-refractivity contribution is -0.0218. The summed E-state index contributed by atoms with van der Waals surface area (Å²) >= 11 is 3.07. The topological polar surface area (TPSA) is 12.5 Å². The van der Waals surface area contributed by atoms with Crippen molar-refractivity contribution < 1.29 is 13.5 Å². The summed E-state index contributed by atoms with van der Waals surface area (Å²) in [6.45, 7) is 4.25. The molecule has 0 radical (unpaired) electrons. The van der Waals surface area contributed by atoms with Gasteiger partial charge < -0.3 is 4.74 Å². The summed E-state index contributed by atoms with van der Waals surface area (Å²) < 4.78 is 33.0. The standard InChI is InChI=1S/C12H14BrF2NO/c1-8-6-16(4-5-17-8)7-9-11(14)3-2-10(13)12(9)15/h2-3,8H,4-7H2,1H3/t8-/m0/s1. The number of hydrogen-bond donors (Lipinski definition) is 0. The van der Waals surface area contributed by atoms with Crippen LogP contribution in [-0.4, -0.2) is 30.7 Å². The fraction of sp³-hybridized carbons (Fsp3) is 0.500. The van der Waals surface area contributed by atoms with Crippen molar-refractivity contribution >= 4 is 15.9 Å². The van der Waals surface area contributed by atoms with E-state index in [1.807, 2.05) is 11.8 Å². The molecule has 2 nitrogen and oxygen atoms in total. The maximum Gasteiger partial charge on any atom is 0.144 e. The van der Waals surface area contributed by atoms with Gasteiger partial charge in [-0.3, -0.25) is 4.90 Å². The summed E-state index contributed by atoms with van der Waals surface area (Å²) in [6.07, 6.45) is 0.113. The third kappa shape index (κ3) is 3.03. The molecule has 94 valence electrons. The molecule has 1 fully saturated rings. The van der Waals surface area contributed by atoms with E-state index >= 15 is 0 Å². The second-order valence-corrected chi connectivity index (χ2v) is 5.09. The van der Waals surface area contributed by atoms with Crippen molar-refractivity contribution in [2.45, 2.75) is 19.6 Å². The average Bonchev–Trinajstić information content (AvgIpc) is 2.30. The van der Waals surface area contributed by atoms with E-state index in [0.29, 0.717) is 24.2 Å². The molecule has 17 heavy (non-hydrogen) atoms. The number of hydrogen-bond acceptors (Lipinski definition) is 2. The maximum absolute atomic E-state index is 13.8. The molecule has 1 heterocycles. The van der Waals surface area contributed by atoms with Gasteiger partial charge in [-0.15, -0.1) is 0 Å². The van der Waals surface area contributed by atoms with Gasteiger partial charge in [-0.05, 0) is 35.0 Å². The maximum atomic E-state index is 13.8. The normalized spacial score (nSPS) is 21.8. The monoisotopic (exact) mass is 305 g/mol. The number of nitrogens with zero attached hydrogens (tertiary/aromatic N) is 1. The molecule has 5 heteroatoms. The quantitative estimate of drug-likeness (QED) is 0.779. The zero-order valence-electron chi connectivity index (χ0n) is 9.55. The third-order valence-electron chi connectivity index (χ3n) is 2.85. The van der Waals surface area contributed by atoms with Crippen LogP contribution >= 0.6 is 15.9 Å². The molecule has 1 aliphatic rings. The highest BCUT2D eigenvalue weighted by Gasteiger charge is 2.20. The first kappa shape index (κ1) is 12.9. The number of halogens is 3. The second kappa shape index (κ2) is 5.42. The fourth-order valence-corrected chi connectivity index (χ4v) is 2.34. The Morgan fingerprint density at radius 1 is 1.47 bits per heavy atom. The van der Waals surface area contributed by atoms with Crippen LogP contribution in [0.2, 0.25) is 0 Å². The van der Waals surface area contributed by atoms with Crippen LogP contribution in [0.4, 0.5) is 8.78 Å². The Labute approximate surface area is 108 Å². The highest BCUT2D eigenvalue weighted by atomic mass is 79.9. The Hall–Kier alpha value is -0.520. The smallest absolute Gasteiger partial charge is 0.144 e. The third-order valence-corrected chi connectivity index (χ3v) is 3.46. The Balaban J connectivity index is 2.15. The van der Waals surface area contributed by atoms with E-state index in [2.05, 4.69) is 15.9 Å². The van der Waals surface area contributed by atoms with E-state index in [4.69, 9.17) is 4.74 Å². The predicted molar refractivity (Wildman–Crippen MR) is 64.7 cm³/mol. The molecule has 0 spiro atoms. The van der Waals surface area contributed by atoms with Gasteiger partial charge in [0.05, 0.1) is 17.2 Å². The van der Waals surface area contributed by atoms with Crippen molar-refractivity contribution in [1.29, 1.82) is 0 Å². The molecule has 1 aromatic carbocycles. The van der Waals surface area contributed by atoms with Gasteiger partial charge >= 0.3 is 0 Å². The molecule has 2 rings (SSSR count). The van der Waals surface area contributed by atoms with Crippen molar-refractivity contribution in [3.8, 4) is 0 Å². The van der Waals surface area contributed by atoms with Crippen molar-refractivity contribution in [2.24, 2.45) is 0 Å². The van der Waals surface area contributed by atoms with E-state index in [1.165, 1.54) is 12.1 Å². The molecular formula is C12H14BrF2NO. The molecule has 1 atom stereocenters. The Morgan fingerprint density at radius 3 is 2.94 bits per heavy atom. The average molecular weight is 306 g/mol. The van der Waals surface area contributed by atoms with Gasteiger partial charge in [0, 0.05) is 25.2 Å². The SMILES string of the molecule is C[C@H]1CN(Cc2c(F)ccc(Br)c2F)CCO1. The number of morpholine rings is 1. The molecule has 1 aliphatic heterocycles. The number of ether oxygens (including phenoxy) is 1. The van der Waals surface area contributed by atoms with Crippen molar-refractivity contribution in [3.63, 3.8) is 0 Å². The molecule has 0 aliphatic carbocycles. The molecular weight excluding hydrogens is 292 g/mol. The first-order valence-corrected chi connectivity index (χ1v) is 6.33. The lowest BCUT2D eigenvalue weighted by atomic mass is 10.1. The van der Waals surface area contributed by atoms with E-state index in [9.17, 15) is 8.78 Å². The summed E-state index contributed by atoms with van der Waals surface area (Å²) in [6, 6.07) is 2.67. The highest BCUT2D eigenvalue weighted by molar-refractivity contribution is 9.10. The van der Waals surface area contributed by atoms with Crippen LogP contribution in [0.3, 0.4) is 0 Å². The van der Waals surface area contributed by atoms with E-state index < -0.39 is 11.6 Å². The van der Waals surface area contributed by atoms with Crippen LogP contribution in [-0.2, 0) is 11.3 Å². The van der Waals surface area contributed by atoms with Crippen LogP contribution in [0.5, 0.6) is 0 Å². The van der Waals surface area contributed by atoms with Crippen LogP contribution in [0.15, 0.2) is 16.6 Å². The predicted octanol–water partition coefficient (Wildman–Crippen LogP) is 2.95. The molecule has 0 N–H and O–H groups in total. The molecule has 1 saturated heterocycles. The summed E-state index contributed by atoms with van der Waals surface area (Å²) in [5.41, 5.74) is 0.119. The van der Waals surface area contributed by atoms with E-state index in [-0.39, 0.29) is 18.2 Å². The molecule has 0 aromatic heterocycles. The fourth-order valence-electron chi connectivity index (χ4n) is 1.97. The summed E-state index contributed by atoms with van der Waals surface area (Å²) in [7, 11) is 0. The van der Waals surface area contributed by atoms with Crippen LogP contribution in [0.25, 0.3) is 0 Å². The minimum atomic E-state index is -0.510. The van der Waals surface area contributed by atoms with Gasteiger partial charge in [0.1, 0.15) is 11.6 Å². The minimum Gasteiger partial charge on any atom is -0.376 e. The summed E-state index contributed by atoms with van der Waals surface area (Å²) in [4.78, 5) is 2.00. The van der Waals surface area contributed by atoms with Gasteiger partial charge in [-0.2, -0.15) is 0 Å². The first-order valence-electron chi connectivity index (χ1n) is 5.54. The zero-order valence-corrected chi connectivity index (χ0v) is 11.1. The molecule has 0 amide bonds. The van der Waals surface area contributed by atoms with Gasteiger partial charge in [0.15, 0.2) is 0 Å². The van der Waals surface area contributed by atoms with E-state index in [1.54, 1.807) is 0 Å². The van der Waals surface area contributed by atoms with Crippen molar-refractivity contribution in [2.75, 3.05) is 19.7 Å². The van der Waals surface area contributed by atoms with Gasteiger partial charge in [-0.1, -0.05) is 0 Å². The molecule has 1 aromatic rings. The van der Waals surface area contributed by atoms with Crippen molar-refractivity contribution in [3.05, 3.63) is 33.8 Å². The van der Waals surface area contributed by atoms with Crippen LogP contribution in [0.1, 0.15) is 12.5 Å². The van der Waals surface area contributed by atoms with Crippen LogP contribution < -0.4 is 0 Å². The zero-order chi connectivity index (χ0) is 12.4. The van der Waals surface area contributed by atoms with Gasteiger partial charge in [-0.25, -0.2) is 8.78 Å². The summed E-state index contributed by atoms with van der Waals surface area (Å²) in [5, 5.41) is 0. The van der Waals surface area contributed by atoms with Crippen molar-refractivity contribution in [1.82, 2.24) is 4.90 Å². The number of benzene rings is 1. The molecule has 0 bridgehead atoms. The van der Waals surface area contributed by atoms with E-state index in [0.717, 1.165) is 0 Å². The first-order chi connectivity index (χ1) is 8.08. The Kier molecular flexibility index (Phi) is 4.12. The largest absolute Gasteiger partial charge is 0.376 e. The van der Waals surface area contributed by atoms with Gasteiger partial charge in [0.25, 0.3) is 0 Å². The lowest BCUT2D eigenvalue weighted by Gasteiger charge is -2.31. The molecule has 0 saturated carbocycles. The Morgan fingerprint density at radius 2 is 2.24 bits per heavy atom. The Bertz CT molecular complexity index is 414. The summed E-state index contributed by atoms with van der Waals surface area (Å²) in [5.74, 6) is -1.01. The highest BCUT2D eigenvalue weighted by Crippen LogP contribution is 2.23. The second-order valence-electron chi connectivity index (χ2n) is 4.24. The number of rotatable bonds is 2. The van der Waals surface area contributed by atoms with Gasteiger partial charge in [0.2, 0.25) is 0 Å². The molecule has 0 unspecified atom stereocenters. The minimum absolute atomic E-state index is 0.113. The van der Waals surface area contributed by atoms with Crippen LogP contribution in [0, 0.1) is 11.6 Å². The lowest BCUT2D eigenvalue weighted by Crippen LogP contribution is -2.40.